The highest BCUT2D eigenvalue weighted by Crippen LogP contribution is 2.32. The van der Waals surface area contributed by atoms with Crippen molar-refractivity contribution in [1.82, 2.24) is 0 Å². The van der Waals surface area contributed by atoms with E-state index in [0.29, 0.717) is 6.04 Å². The Hall–Kier alpha value is -0.710. The van der Waals surface area contributed by atoms with Crippen molar-refractivity contribution in [3.63, 3.8) is 0 Å². The second-order valence-corrected chi connectivity index (χ2v) is 5.50. The molecular formula is C11H20N2O2S. The monoisotopic (exact) mass is 244 g/mol. The summed E-state index contributed by atoms with van der Waals surface area (Å²) in [6.07, 6.45) is 6.35. The molecule has 0 aromatic heterocycles. The number of amidine groups is 1. The fourth-order valence-electron chi connectivity index (χ4n) is 2.01. The SMILES string of the molecule is CC(=O)O.NC1=N[C@H]2CCCC[C@@H]2SCC1. The van der Waals surface area contributed by atoms with Crippen LogP contribution in [0.15, 0.2) is 4.99 Å². The summed E-state index contributed by atoms with van der Waals surface area (Å²) in [6, 6.07) is 0.547. The molecule has 2 atom stereocenters. The van der Waals surface area contributed by atoms with Crippen LogP contribution in [0, 0.1) is 0 Å². The molecule has 3 N–H and O–H groups in total. The molecule has 4 nitrogen and oxygen atoms in total. The summed E-state index contributed by atoms with van der Waals surface area (Å²) in [7, 11) is 0. The van der Waals surface area contributed by atoms with Crippen LogP contribution in [0.1, 0.15) is 39.0 Å². The van der Waals surface area contributed by atoms with E-state index in [2.05, 4.69) is 16.8 Å². The molecule has 1 saturated carbocycles. The topological polar surface area (TPSA) is 75.7 Å². The van der Waals surface area contributed by atoms with Crippen LogP contribution in [-0.4, -0.2) is 34.0 Å². The lowest BCUT2D eigenvalue weighted by Crippen LogP contribution is -2.26. The second-order valence-electron chi connectivity index (χ2n) is 4.15. The third-order valence-electron chi connectivity index (χ3n) is 2.69. The molecule has 0 amide bonds. The maximum absolute atomic E-state index is 9.00. The molecule has 1 fully saturated rings. The van der Waals surface area contributed by atoms with Crippen LogP contribution in [0.25, 0.3) is 0 Å². The van der Waals surface area contributed by atoms with E-state index >= 15 is 0 Å². The van der Waals surface area contributed by atoms with Crippen LogP contribution in [0.3, 0.4) is 0 Å². The first-order chi connectivity index (χ1) is 7.59. The highest BCUT2D eigenvalue weighted by atomic mass is 32.2. The van der Waals surface area contributed by atoms with Crippen LogP contribution < -0.4 is 5.73 Å². The Morgan fingerprint density at radius 1 is 1.50 bits per heavy atom. The van der Waals surface area contributed by atoms with Gasteiger partial charge in [-0.15, -0.1) is 0 Å². The average molecular weight is 244 g/mol. The molecule has 5 heteroatoms. The molecule has 1 heterocycles. The van der Waals surface area contributed by atoms with Crippen LogP contribution in [0.2, 0.25) is 0 Å². The summed E-state index contributed by atoms with van der Waals surface area (Å²) in [6.45, 7) is 1.08. The fourth-order valence-corrected chi connectivity index (χ4v) is 3.39. The first-order valence-corrected chi connectivity index (χ1v) is 6.77. The van der Waals surface area contributed by atoms with Crippen molar-refractivity contribution in [1.29, 1.82) is 0 Å². The Kier molecular flexibility index (Phi) is 5.66. The number of rotatable bonds is 0. The molecule has 1 aliphatic heterocycles. The Bertz CT molecular complexity index is 265. The summed E-state index contributed by atoms with van der Waals surface area (Å²) in [4.78, 5) is 13.6. The first-order valence-electron chi connectivity index (χ1n) is 5.73. The van der Waals surface area contributed by atoms with Gasteiger partial charge >= 0.3 is 0 Å². The number of fused-ring (bicyclic) bond motifs is 1. The molecule has 0 aromatic rings. The van der Waals surface area contributed by atoms with Crippen molar-refractivity contribution < 1.29 is 9.90 Å². The molecule has 0 saturated heterocycles. The van der Waals surface area contributed by atoms with Gasteiger partial charge in [0.1, 0.15) is 0 Å². The lowest BCUT2D eigenvalue weighted by atomic mass is 9.95. The normalized spacial score (nSPS) is 28.9. The molecule has 0 unspecified atom stereocenters. The molecule has 0 spiro atoms. The van der Waals surface area contributed by atoms with Crippen LogP contribution in [-0.2, 0) is 4.79 Å². The van der Waals surface area contributed by atoms with E-state index in [4.69, 9.17) is 15.6 Å². The third kappa shape index (κ3) is 4.88. The van der Waals surface area contributed by atoms with E-state index in [0.717, 1.165) is 24.4 Å². The van der Waals surface area contributed by atoms with Gasteiger partial charge in [-0.1, -0.05) is 12.8 Å². The largest absolute Gasteiger partial charge is 0.481 e. The van der Waals surface area contributed by atoms with Gasteiger partial charge in [0, 0.05) is 24.3 Å². The second kappa shape index (κ2) is 6.78. The minimum absolute atomic E-state index is 0.547. The van der Waals surface area contributed by atoms with Gasteiger partial charge in [0.25, 0.3) is 5.97 Å². The molecule has 2 aliphatic rings. The quantitative estimate of drug-likeness (QED) is 0.682. The van der Waals surface area contributed by atoms with E-state index in [9.17, 15) is 0 Å². The molecule has 0 bridgehead atoms. The Morgan fingerprint density at radius 3 is 2.81 bits per heavy atom. The zero-order valence-electron chi connectivity index (χ0n) is 9.69. The molecular weight excluding hydrogens is 224 g/mol. The summed E-state index contributed by atoms with van der Waals surface area (Å²) in [5, 5.41) is 8.19. The molecule has 0 aromatic carbocycles. The van der Waals surface area contributed by atoms with Crippen molar-refractivity contribution in [3.8, 4) is 0 Å². The van der Waals surface area contributed by atoms with Crippen molar-refractivity contribution in [2.75, 3.05) is 5.75 Å². The van der Waals surface area contributed by atoms with E-state index in [1.807, 2.05) is 0 Å². The van der Waals surface area contributed by atoms with Crippen molar-refractivity contribution in [2.24, 2.45) is 10.7 Å². The highest BCUT2D eigenvalue weighted by molar-refractivity contribution is 8.00. The lowest BCUT2D eigenvalue weighted by Gasteiger charge is -2.26. The summed E-state index contributed by atoms with van der Waals surface area (Å²) in [5.41, 5.74) is 5.78. The van der Waals surface area contributed by atoms with Crippen molar-refractivity contribution in [2.45, 2.75) is 50.3 Å². The lowest BCUT2D eigenvalue weighted by molar-refractivity contribution is -0.134. The van der Waals surface area contributed by atoms with Gasteiger partial charge < -0.3 is 10.8 Å². The zero-order valence-corrected chi connectivity index (χ0v) is 10.5. The van der Waals surface area contributed by atoms with Gasteiger partial charge in [0.15, 0.2) is 0 Å². The van der Waals surface area contributed by atoms with Gasteiger partial charge in [-0.25, -0.2) is 0 Å². The number of carbonyl (C=O) groups is 1. The number of carboxylic acid groups (broad SMARTS) is 1. The summed E-state index contributed by atoms with van der Waals surface area (Å²) < 4.78 is 0. The summed E-state index contributed by atoms with van der Waals surface area (Å²) >= 11 is 2.08. The maximum Gasteiger partial charge on any atom is 0.300 e. The number of hydrogen-bond acceptors (Lipinski definition) is 4. The maximum atomic E-state index is 9.00. The van der Waals surface area contributed by atoms with Gasteiger partial charge in [-0.05, 0) is 12.8 Å². The van der Waals surface area contributed by atoms with E-state index in [1.54, 1.807) is 0 Å². The van der Waals surface area contributed by atoms with Crippen LogP contribution in [0.5, 0.6) is 0 Å². The molecule has 2 rings (SSSR count). The van der Waals surface area contributed by atoms with Crippen LogP contribution >= 0.6 is 11.8 Å². The van der Waals surface area contributed by atoms with Gasteiger partial charge in [0.05, 0.1) is 11.9 Å². The van der Waals surface area contributed by atoms with Gasteiger partial charge in [-0.2, -0.15) is 11.8 Å². The number of nitrogens with two attached hydrogens (primary N) is 1. The highest BCUT2D eigenvalue weighted by Gasteiger charge is 2.26. The standard InChI is InChI=1S/C9H16N2S.C2H4O2/c10-9-5-6-12-8-4-2-1-3-7(8)11-9;1-2(3)4/h7-8H,1-6H2,(H2,10,11);1H3,(H,3,4)/t7-,8-;/m0./s1. The van der Waals surface area contributed by atoms with Crippen LogP contribution in [0.4, 0.5) is 0 Å². The van der Waals surface area contributed by atoms with Gasteiger partial charge in [-0.3, -0.25) is 9.79 Å². The van der Waals surface area contributed by atoms with E-state index in [-0.39, 0.29) is 0 Å². The minimum Gasteiger partial charge on any atom is -0.481 e. The number of aliphatic imine (C=N–C) groups is 1. The molecule has 92 valence electrons. The van der Waals surface area contributed by atoms with E-state index in [1.165, 1.54) is 31.4 Å². The molecule has 1 aliphatic carbocycles. The number of aliphatic carboxylic acids is 1. The smallest absolute Gasteiger partial charge is 0.300 e. The number of carboxylic acids is 1. The van der Waals surface area contributed by atoms with E-state index < -0.39 is 5.97 Å². The third-order valence-corrected chi connectivity index (χ3v) is 4.11. The number of hydrogen-bond donors (Lipinski definition) is 2. The Labute approximate surface area is 101 Å². The number of thioether (sulfide) groups is 1. The number of nitrogens with zero attached hydrogens (tertiary/aromatic N) is 1. The van der Waals surface area contributed by atoms with Crippen molar-refractivity contribution >= 4 is 23.6 Å². The Morgan fingerprint density at radius 2 is 2.12 bits per heavy atom. The molecule has 0 radical (unpaired) electrons. The first kappa shape index (κ1) is 13.4. The summed E-state index contributed by atoms with van der Waals surface area (Å²) in [5.74, 6) is 1.23. The average Bonchev–Trinajstić information content (AvgIpc) is 2.37. The minimum atomic E-state index is -0.833. The van der Waals surface area contributed by atoms with Crippen molar-refractivity contribution in [3.05, 3.63) is 0 Å². The van der Waals surface area contributed by atoms with Gasteiger partial charge in [0.2, 0.25) is 0 Å². The predicted molar refractivity (Wildman–Crippen MR) is 68.1 cm³/mol. The Balaban J connectivity index is 0.000000280. The fraction of sp³-hybridized carbons (Fsp3) is 0.818. The molecule has 16 heavy (non-hydrogen) atoms. The predicted octanol–water partition coefficient (Wildman–Crippen LogP) is 1.88. The zero-order chi connectivity index (χ0) is 12.0.